The van der Waals surface area contributed by atoms with Gasteiger partial charge in [-0.1, -0.05) is 40.2 Å². The minimum Gasteiger partial charge on any atom is -0.493 e. The minimum absolute atomic E-state index is 0.229. The fourth-order valence-electron chi connectivity index (χ4n) is 2.25. The first-order chi connectivity index (χ1) is 12.6. The molecule has 26 heavy (non-hydrogen) atoms. The summed E-state index contributed by atoms with van der Waals surface area (Å²) >= 11 is 3.37. The van der Waals surface area contributed by atoms with E-state index in [1.54, 1.807) is 32.2 Å². The summed E-state index contributed by atoms with van der Waals surface area (Å²) in [5, 5.41) is 10.3. The summed E-state index contributed by atoms with van der Waals surface area (Å²) in [6.07, 6.45) is -0.777. The second-order valence-corrected chi connectivity index (χ2v) is 6.28. The lowest BCUT2D eigenvalue weighted by Crippen LogP contribution is -2.30. The van der Waals surface area contributed by atoms with Gasteiger partial charge in [-0.05, 0) is 41.5 Å². The second kappa shape index (κ2) is 8.01. The van der Waals surface area contributed by atoms with Crippen molar-refractivity contribution in [2.45, 2.75) is 13.0 Å². The van der Waals surface area contributed by atoms with Gasteiger partial charge in [0.15, 0.2) is 23.3 Å². The Morgan fingerprint density at radius 2 is 1.81 bits per heavy atom. The Hall–Kier alpha value is -2.87. The van der Waals surface area contributed by atoms with Crippen molar-refractivity contribution in [3.8, 4) is 22.8 Å². The fourth-order valence-corrected chi connectivity index (χ4v) is 2.51. The lowest BCUT2D eigenvalue weighted by molar-refractivity contribution is -0.122. The maximum atomic E-state index is 12.5. The molecule has 7 nitrogen and oxygen atoms in total. The molecule has 1 amide bonds. The number of nitrogens with zero attached hydrogens (tertiary/aromatic N) is 2. The summed E-state index contributed by atoms with van der Waals surface area (Å²) in [7, 11) is 1.54. The third-order valence-corrected chi connectivity index (χ3v) is 4.12. The topological polar surface area (TPSA) is 86.5 Å². The minimum atomic E-state index is -0.777. The number of hydrogen-bond acceptors (Lipinski definition) is 6. The Bertz CT molecular complexity index is 895. The molecule has 0 unspecified atom stereocenters. The van der Waals surface area contributed by atoms with Crippen LogP contribution in [-0.4, -0.2) is 29.4 Å². The molecule has 0 radical (unpaired) electrons. The molecule has 1 atom stereocenters. The van der Waals surface area contributed by atoms with Crippen LogP contribution in [0.5, 0.6) is 11.5 Å². The number of amides is 1. The summed E-state index contributed by atoms with van der Waals surface area (Å²) in [6.45, 7) is 1.63. The standard InChI is InChI=1S/C18H16BrN3O4/c1-11(25-15-6-4-3-5-14(15)24-2)18(23)20-17-16(21-26-22-17)12-7-9-13(19)10-8-12/h3-11H,1-2H3,(H,20,22,23)/t11-/m1/s1. The summed E-state index contributed by atoms with van der Waals surface area (Å²) < 4.78 is 16.6. The summed E-state index contributed by atoms with van der Waals surface area (Å²) in [6, 6.07) is 14.5. The Kier molecular flexibility index (Phi) is 5.52. The van der Waals surface area contributed by atoms with Gasteiger partial charge in [-0.15, -0.1) is 0 Å². The number of para-hydroxylation sites is 2. The molecule has 0 saturated heterocycles. The van der Waals surface area contributed by atoms with Crippen molar-refractivity contribution in [3.05, 3.63) is 53.0 Å². The molecule has 0 aliphatic carbocycles. The van der Waals surface area contributed by atoms with Gasteiger partial charge in [-0.2, -0.15) is 0 Å². The van der Waals surface area contributed by atoms with Crippen molar-refractivity contribution in [2.24, 2.45) is 0 Å². The zero-order chi connectivity index (χ0) is 18.5. The van der Waals surface area contributed by atoms with Gasteiger partial charge in [0, 0.05) is 10.0 Å². The number of halogens is 1. The molecule has 0 aliphatic heterocycles. The van der Waals surface area contributed by atoms with Crippen LogP contribution in [0.2, 0.25) is 0 Å². The Morgan fingerprint density at radius 3 is 2.50 bits per heavy atom. The molecule has 0 fully saturated rings. The SMILES string of the molecule is COc1ccccc1O[C@H](C)C(=O)Nc1nonc1-c1ccc(Br)cc1. The molecule has 134 valence electrons. The van der Waals surface area contributed by atoms with E-state index in [9.17, 15) is 4.79 Å². The first-order valence-electron chi connectivity index (χ1n) is 7.77. The number of ether oxygens (including phenoxy) is 2. The number of benzene rings is 2. The quantitative estimate of drug-likeness (QED) is 0.653. The predicted molar refractivity (Wildman–Crippen MR) is 99.1 cm³/mol. The van der Waals surface area contributed by atoms with Crippen LogP contribution in [0.15, 0.2) is 57.6 Å². The zero-order valence-corrected chi connectivity index (χ0v) is 15.7. The van der Waals surface area contributed by atoms with Gasteiger partial charge in [0.1, 0.15) is 0 Å². The zero-order valence-electron chi connectivity index (χ0n) is 14.1. The molecule has 0 spiro atoms. The lowest BCUT2D eigenvalue weighted by Gasteiger charge is -2.16. The van der Waals surface area contributed by atoms with E-state index in [1.807, 2.05) is 30.3 Å². The molecule has 1 heterocycles. The highest BCUT2D eigenvalue weighted by molar-refractivity contribution is 9.10. The van der Waals surface area contributed by atoms with E-state index < -0.39 is 6.10 Å². The number of nitrogens with one attached hydrogen (secondary N) is 1. The van der Waals surface area contributed by atoms with Crippen molar-refractivity contribution in [3.63, 3.8) is 0 Å². The third kappa shape index (κ3) is 4.02. The highest BCUT2D eigenvalue weighted by atomic mass is 79.9. The van der Waals surface area contributed by atoms with Crippen molar-refractivity contribution in [1.29, 1.82) is 0 Å². The maximum Gasteiger partial charge on any atom is 0.266 e. The largest absolute Gasteiger partial charge is 0.493 e. The molecular weight excluding hydrogens is 402 g/mol. The fraction of sp³-hybridized carbons (Fsp3) is 0.167. The van der Waals surface area contributed by atoms with Gasteiger partial charge in [-0.25, -0.2) is 4.63 Å². The summed E-state index contributed by atoms with van der Waals surface area (Å²) in [4.78, 5) is 12.5. The number of anilines is 1. The summed E-state index contributed by atoms with van der Waals surface area (Å²) in [5.74, 6) is 0.868. The van der Waals surface area contributed by atoms with Crippen LogP contribution >= 0.6 is 15.9 Å². The number of aromatic nitrogens is 2. The Labute approximate surface area is 158 Å². The monoisotopic (exact) mass is 417 g/mol. The van der Waals surface area contributed by atoms with Crippen LogP contribution in [0.4, 0.5) is 5.82 Å². The lowest BCUT2D eigenvalue weighted by atomic mass is 10.1. The van der Waals surface area contributed by atoms with Gasteiger partial charge in [0.25, 0.3) is 5.91 Å². The maximum absolute atomic E-state index is 12.5. The average molecular weight is 418 g/mol. The number of methoxy groups -OCH3 is 1. The molecule has 3 aromatic rings. The van der Waals surface area contributed by atoms with E-state index in [1.165, 1.54) is 0 Å². The van der Waals surface area contributed by atoms with Gasteiger partial charge < -0.3 is 14.8 Å². The number of carbonyl (C=O) groups is 1. The van der Waals surface area contributed by atoms with Gasteiger partial charge >= 0.3 is 0 Å². The second-order valence-electron chi connectivity index (χ2n) is 5.37. The number of carbonyl (C=O) groups excluding carboxylic acids is 1. The predicted octanol–water partition coefficient (Wildman–Crippen LogP) is 3.91. The van der Waals surface area contributed by atoms with Gasteiger partial charge in [-0.3, -0.25) is 4.79 Å². The molecule has 0 aliphatic rings. The number of rotatable bonds is 6. The summed E-state index contributed by atoms with van der Waals surface area (Å²) in [5.41, 5.74) is 1.21. The van der Waals surface area contributed by atoms with E-state index in [0.29, 0.717) is 17.2 Å². The van der Waals surface area contributed by atoms with Gasteiger partial charge in [0.05, 0.1) is 7.11 Å². The normalized spacial score (nSPS) is 11.7. The van der Waals surface area contributed by atoms with Gasteiger partial charge in [0.2, 0.25) is 5.82 Å². The van der Waals surface area contributed by atoms with E-state index in [-0.39, 0.29) is 11.7 Å². The first-order valence-corrected chi connectivity index (χ1v) is 8.57. The van der Waals surface area contributed by atoms with E-state index in [2.05, 4.69) is 31.6 Å². The molecule has 1 aromatic heterocycles. The molecule has 1 N–H and O–H groups in total. The highest BCUT2D eigenvalue weighted by Crippen LogP contribution is 2.28. The Morgan fingerprint density at radius 1 is 1.12 bits per heavy atom. The third-order valence-electron chi connectivity index (χ3n) is 3.59. The average Bonchev–Trinajstić information content (AvgIpc) is 3.10. The van der Waals surface area contributed by atoms with E-state index >= 15 is 0 Å². The molecule has 8 heteroatoms. The van der Waals surface area contributed by atoms with E-state index in [4.69, 9.17) is 14.1 Å². The molecule has 3 rings (SSSR count). The van der Waals surface area contributed by atoms with Crippen LogP contribution in [0.3, 0.4) is 0 Å². The first kappa shape index (κ1) is 17.9. The van der Waals surface area contributed by atoms with Crippen LogP contribution < -0.4 is 14.8 Å². The highest BCUT2D eigenvalue weighted by Gasteiger charge is 2.21. The number of hydrogen-bond donors (Lipinski definition) is 1. The van der Waals surface area contributed by atoms with Crippen LogP contribution in [0.25, 0.3) is 11.3 Å². The van der Waals surface area contributed by atoms with Crippen molar-refractivity contribution < 1.29 is 18.9 Å². The molecule has 0 bridgehead atoms. The molecule has 0 saturated carbocycles. The van der Waals surface area contributed by atoms with Crippen LogP contribution in [0, 0.1) is 0 Å². The van der Waals surface area contributed by atoms with Crippen molar-refractivity contribution in [2.75, 3.05) is 12.4 Å². The van der Waals surface area contributed by atoms with Crippen LogP contribution in [-0.2, 0) is 4.79 Å². The molecular formula is C18H16BrN3O4. The van der Waals surface area contributed by atoms with Crippen molar-refractivity contribution >= 4 is 27.7 Å². The van der Waals surface area contributed by atoms with Crippen molar-refractivity contribution in [1.82, 2.24) is 10.3 Å². The van der Waals surface area contributed by atoms with E-state index in [0.717, 1.165) is 10.0 Å². The molecule has 2 aromatic carbocycles. The Balaban J connectivity index is 1.72. The van der Waals surface area contributed by atoms with Crippen LogP contribution in [0.1, 0.15) is 6.92 Å². The smallest absolute Gasteiger partial charge is 0.266 e.